The highest BCUT2D eigenvalue weighted by molar-refractivity contribution is 5.97. The van der Waals surface area contributed by atoms with Crippen LogP contribution >= 0.6 is 0 Å². The molecule has 1 rings (SSSR count). The zero-order valence-electron chi connectivity index (χ0n) is 17.0. The summed E-state index contributed by atoms with van der Waals surface area (Å²) < 4.78 is 0. The van der Waals surface area contributed by atoms with Crippen molar-refractivity contribution in [1.29, 1.82) is 0 Å². The van der Waals surface area contributed by atoms with Crippen LogP contribution in [0.25, 0.3) is 0 Å². The van der Waals surface area contributed by atoms with Crippen LogP contribution in [-0.4, -0.2) is 31.3 Å². The number of nitrogens with one attached hydrogen (secondary N) is 3. The Bertz CT molecular complexity index is 686. The van der Waals surface area contributed by atoms with Crippen LogP contribution in [0.5, 0.6) is 0 Å². The zero-order chi connectivity index (χ0) is 20.9. The van der Waals surface area contributed by atoms with Gasteiger partial charge in [0.05, 0.1) is 0 Å². The van der Waals surface area contributed by atoms with Gasteiger partial charge in [-0.3, -0.25) is 14.4 Å². The van der Waals surface area contributed by atoms with Gasteiger partial charge in [0.1, 0.15) is 5.70 Å². The molecule has 0 saturated heterocycles. The van der Waals surface area contributed by atoms with E-state index >= 15 is 0 Å². The summed E-state index contributed by atoms with van der Waals surface area (Å²) in [5, 5.41) is 8.42. The van der Waals surface area contributed by atoms with E-state index in [0.29, 0.717) is 31.5 Å². The summed E-state index contributed by atoms with van der Waals surface area (Å²) in [7, 11) is 1.67. The van der Waals surface area contributed by atoms with Crippen molar-refractivity contribution in [2.75, 3.05) is 13.6 Å². The summed E-state index contributed by atoms with van der Waals surface area (Å²) >= 11 is 0. The van der Waals surface area contributed by atoms with Gasteiger partial charge in [-0.15, -0.1) is 0 Å². The Morgan fingerprint density at radius 1 is 1.07 bits per heavy atom. The van der Waals surface area contributed by atoms with Crippen LogP contribution in [-0.2, 0) is 14.4 Å². The molecule has 1 unspecified atom stereocenters. The number of carbonyl (C=O) groups excluding carboxylic acids is 3. The Balaban J connectivity index is 2.67. The van der Waals surface area contributed by atoms with Crippen LogP contribution in [0, 0.1) is 0 Å². The first-order chi connectivity index (χ1) is 13.4. The van der Waals surface area contributed by atoms with Gasteiger partial charge in [-0.05, 0) is 30.7 Å². The fraction of sp³-hybridized carbons (Fsp3) is 0.476. The molecule has 1 aromatic carbocycles. The summed E-state index contributed by atoms with van der Waals surface area (Å²) in [4.78, 5) is 35.8. The van der Waals surface area contributed by atoms with E-state index in [1.165, 1.54) is 0 Å². The van der Waals surface area contributed by atoms with Crippen LogP contribution in [0.1, 0.15) is 57.4 Å². The fourth-order valence-electron chi connectivity index (χ4n) is 2.84. The van der Waals surface area contributed by atoms with E-state index in [-0.39, 0.29) is 29.9 Å². The number of benzene rings is 1. The summed E-state index contributed by atoms with van der Waals surface area (Å²) in [5.74, 6) is -0.938. The summed E-state index contributed by atoms with van der Waals surface area (Å²) in [5.41, 5.74) is 7.16. The molecule has 3 amide bonds. The summed E-state index contributed by atoms with van der Waals surface area (Å²) in [6.07, 6.45) is 2.64. The second-order valence-electron chi connectivity index (χ2n) is 6.74. The van der Waals surface area contributed by atoms with Crippen LogP contribution in [0.4, 0.5) is 0 Å². The molecule has 1 aromatic rings. The van der Waals surface area contributed by atoms with Gasteiger partial charge in [-0.25, -0.2) is 0 Å². The quantitative estimate of drug-likeness (QED) is 0.323. The minimum Gasteiger partial charge on any atom is -0.390 e. The van der Waals surface area contributed by atoms with Crippen LogP contribution in [0.3, 0.4) is 0 Å². The minimum atomic E-state index is -0.694. The second-order valence-corrected chi connectivity index (χ2v) is 6.74. The van der Waals surface area contributed by atoms with E-state index in [9.17, 15) is 14.4 Å². The van der Waals surface area contributed by atoms with Crippen LogP contribution in [0.15, 0.2) is 41.7 Å². The molecule has 7 heteroatoms. The van der Waals surface area contributed by atoms with Gasteiger partial charge in [0.15, 0.2) is 0 Å². The summed E-state index contributed by atoms with van der Waals surface area (Å²) in [6.45, 7) is 4.40. The molecule has 154 valence electrons. The molecule has 0 heterocycles. The zero-order valence-corrected chi connectivity index (χ0v) is 17.0. The average molecular weight is 389 g/mol. The second kappa shape index (κ2) is 12.5. The van der Waals surface area contributed by atoms with Crippen LogP contribution in [0.2, 0.25) is 0 Å². The van der Waals surface area contributed by atoms with Crippen molar-refractivity contribution in [3.05, 3.63) is 47.3 Å². The van der Waals surface area contributed by atoms with Gasteiger partial charge in [0.25, 0.3) is 5.91 Å². The van der Waals surface area contributed by atoms with Crippen molar-refractivity contribution in [3.8, 4) is 0 Å². The maximum atomic E-state index is 12.4. The first-order valence-corrected chi connectivity index (χ1v) is 9.71. The average Bonchev–Trinajstić information content (AvgIpc) is 2.67. The lowest BCUT2D eigenvalue weighted by Crippen LogP contribution is -2.35. The van der Waals surface area contributed by atoms with E-state index in [1.54, 1.807) is 7.05 Å². The third-order valence-electron chi connectivity index (χ3n) is 4.38. The highest BCUT2D eigenvalue weighted by atomic mass is 16.2. The standard InChI is InChI=1S/C21H32N4O3/c1-4-9-18(26)24-13-8-12-17(23-3)20(21(22)28)25-19(27)14-15(2)16-10-6-5-7-11-16/h5-7,10-11,15,23H,4,8-9,12-14H2,1-3H3,(H2,22,28)(H,24,26)(H,25,27). The lowest BCUT2D eigenvalue weighted by atomic mass is 9.97. The molecule has 5 N–H and O–H groups in total. The maximum absolute atomic E-state index is 12.4. The molecule has 0 fully saturated rings. The molecular weight excluding hydrogens is 356 g/mol. The number of allylic oxidation sites excluding steroid dienone is 1. The largest absolute Gasteiger partial charge is 0.390 e. The van der Waals surface area contributed by atoms with Crippen LogP contribution < -0.4 is 21.7 Å². The molecule has 1 atom stereocenters. The van der Waals surface area contributed by atoms with Gasteiger partial charge < -0.3 is 21.7 Å². The molecule has 0 saturated carbocycles. The molecule has 0 bridgehead atoms. The normalized spacial score (nSPS) is 12.5. The molecule has 0 aromatic heterocycles. The van der Waals surface area contributed by atoms with Crippen molar-refractivity contribution in [2.24, 2.45) is 5.73 Å². The predicted molar refractivity (Wildman–Crippen MR) is 110 cm³/mol. The highest BCUT2D eigenvalue weighted by Crippen LogP contribution is 2.18. The van der Waals surface area contributed by atoms with E-state index < -0.39 is 5.91 Å². The number of rotatable bonds is 12. The van der Waals surface area contributed by atoms with E-state index in [1.807, 2.05) is 44.2 Å². The van der Waals surface area contributed by atoms with Crippen molar-refractivity contribution in [1.82, 2.24) is 16.0 Å². The van der Waals surface area contributed by atoms with Gasteiger partial charge in [0.2, 0.25) is 11.8 Å². The Hall–Kier alpha value is -2.83. The smallest absolute Gasteiger partial charge is 0.267 e. The molecule has 0 aliphatic rings. The van der Waals surface area contributed by atoms with Crippen molar-refractivity contribution in [3.63, 3.8) is 0 Å². The lowest BCUT2D eigenvalue weighted by Gasteiger charge is -2.16. The molecular formula is C21H32N4O3. The Kier molecular flexibility index (Phi) is 10.4. The number of nitrogens with two attached hydrogens (primary N) is 1. The van der Waals surface area contributed by atoms with E-state index in [2.05, 4.69) is 16.0 Å². The van der Waals surface area contributed by atoms with E-state index in [4.69, 9.17) is 5.73 Å². The molecule has 0 aliphatic heterocycles. The fourth-order valence-corrected chi connectivity index (χ4v) is 2.84. The maximum Gasteiger partial charge on any atom is 0.267 e. The lowest BCUT2D eigenvalue weighted by molar-refractivity contribution is -0.123. The summed E-state index contributed by atoms with van der Waals surface area (Å²) in [6, 6.07) is 9.71. The monoisotopic (exact) mass is 388 g/mol. The first-order valence-electron chi connectivity index (χ1n) is 9.71. The SMILES string of the molecule is CCCC(=O)NCCCC(NC)=C(NC(=O)CC(C)c1ccccc1)C(N)=O. The molecule has 28 heavy (non-hydrogen) atoms. The molecule has 0 radical (unpaired) electrons. The third kappa shape index (κ3) is 8.24. The number of hydrogen-bond acceptors (Lipinski definition) is 4. The number of carbonyl (C=O) groups is 3. The number of hydrogen-bond donors (Lipinski definition) is 4. The van der Waals surface area contributed by atoms with Crippen molar-refractivity contribution < 1.29 is 14.4 Å². The molecule has 7 nitrogen and oxygen atoms in total. The van der Waals surface area contributed by atoms with Gasteiger partial charge in [-0.2, -0.15) is 0 Å². The predicted octanol–water partition coefficient (Wildman–Crippen LogP) is 1.91. The van der Waals surface area contributed by atoms with Crippen molar-refractivity contribution >= 4 is 17.7 Å². The van der Waals surface area contributed by atoms with Gasteiger partial charge >= 0.3 is 0 Å². The Labute approximate surface area is 167 Å². The minimum absolute atomic E-state index is 0.0100. The molecule has 0 spiro atoms. The van der Waals surface area contributed by atoms with Crippen molar-refractivity contribution in [2.45, 2.75) is 51.9 Å². The van der Waals surface area contributed by atoms with Gasteiger partial charge in [0, 0.05) is 32.1 Å². The highest BCUT2D eigenvalue weighted by Gasteiger charge is 2.17. The Morgan fingerprint density at radius 3 is 2.32 bits per heavy atom. The number of amides is 3. The van der Waals surface area contributed by atoms with E-state index in [0.717, 1.165) is 12.0 Å². The third-order valence-corrected chi connectivity index (χ3v) is 4.38. The topological polar surface area (TPSA) is 113 Å². The van der Waals surface area contributed by atoms with Gasteiger partial charge in [-0.1, -0.05) is 44.2 Å². The first kappa shape index (κ1) is 23.2. The molecule has 0 aliphatic carbocycles. The Morgan fingerprint density at radius 2 is 1.75 bits per heavy atom. The number of primary amides is 1.